The van der Waals surface area contributed by atoms with Crippen molar-refractivity contribution in [1.29, 1.82) is 0 Å². The summed E-state index contributed by atoms with van der Waals surface area (Å²) in [5.74, 6) is 0.932. The van der Waals surface area contributed by atoms with Gasteiger partial charge in [-0.25, -0.2) is 0 Å². The summed E-state index contributed by atoms with van der Waals surface area (Å²) in [5.41, 5.74) is 0.544. The average Bonchev–Trinajstić information content (AvgIpc) is 2.76. The van der Waals surface area contributed by atoms with Gasteiger partial charge in [-0.15, -0.1) is 10.2 Å². The summed E-state index contributed by atoms with van der Waals surface area (Å²) in [7, 11) is 0. The number of H-pyrrole nitrogens is 1. The van der Waals surface area contributed by atoms with Crippen molar-refractivity contribution in [3.63, 3.8) is 0 Å². The van der Waals surface area contributed by atoms with Crippen LogP contribution >= 0.6 is 0 Å². The first-order valence-corrected chi connectivity index (χ1v) is 5.40. The Balaban J connectivity index is 2.12. The standard InChI is InChI=1S/C11H14N4O2/c1-7(2)12-6-10-14-15-11(17-10)8-3-4-9(16)13-5-8/h3-5,7,12H,6H2,1-2H3,(H,13,16). The SMILES string of the molecule is CC(C)NCc1nnc(-c2ccc(=O)[nH]c2)o1. The van der Waals surface area contributed by atoms with Gasteiger partial charge >= 0.3 is 0 Å². The summed E-state index contributed by atoms with van der Waals surface area (Å²) in [4.78, 5) is 13.5. The van der Waals surface area contributed by atoms with E-state index in [2.05, 4.69) is 20.5 Å². The number of rotatable bonds is 4. The van der Waals surface area contributed by atoms with Crippen LogP contribution in [0.3, 0.4) is 0 Å². The number of nitrogens with one attached hydrogen (secondary N) is 2. The highest BCUT2D eigenvalue weighted by Crippen LogP contribution is 2.14. The Hall–Kier alpha value is -1.95. The minimum absolute atomic E-state index is 0.157. The molecule has 17 heavy (non-hydrogen) atoms. The zero-order valence-electron chi connectivity index (χ0n) is 9.73. The molecule has 0 unspecified atom stereocenters. The maximum atomic E-state index is 10.9. The molecule has 2 aromatic rings. The van der Waals surface area contributed by atoms with Gasteiger partial charge in [0.15, 0.2) is 0 Å². The molecule has 2 rings (SSSR count). The van der Waals surface area contributed by atoms with Crippen LogP contribution in [0.2, 0.25) is 0 Å². The van der Waals surface area contributed by atoms with Gasteiger partial charge in [0, 0.05) is 18.3 Å². The third-order valence-corrected chi connectivity index (χ3v) is 2.16. The highest BCUT2D eigenvalue weighted by molar-refractivity contribution is 5.49. The van der Waals surface area contributed by atoms with Gasteiger partial charge < -0.3 is 14.7 Å². The molecular weight excluding hydrogens is 220 g/mol. The third kappa shape index (κ3) is 3.01. The van der Waals surface area contributed by atoms with Gasteiger partial charge in [0.2, 0.25) is 17.3 Å². The maximum Gasteiger partial charge on any atom is 0.249 e. The predicted molar refractivity (Wildman–Crippen MR) is 62.3 cm³/mol. The van der Waals surface area contributed by atoms with Gasteiger partial charge in [0.05, 0.1) is 12.1 Å². The Morgan fingerprint density at radius 3 is 2.88 bits per heavy atom. The lowest BCUT2D eigenvalue weighted by molar-refractivity contribution is 0.458. The van der Waals surface area contributed by atoms with Crippen LogP contribution in [0.1, 0.15) is 19.7 Å². The Morgan fingerprint density at radius 2 is 2.24 bits per heavy atom. The van der Waals surface area contributed by atoms with Crippen molar-refractivity contribution in [2.45, 2.75) is 26.4 Å². The van der Waals surface area contributed by atoms with E-state index in [0.29, 0.717) is 29.9 Å². The van der Waals surface area contributed by atoms with Crippen molar-refractivity contribution in [1.82, 2.24) is 20.5 Å². The smallest absolute Gasteiger partial charge is 0.249 e. The molecule has 0 amide bonds. The molecule has 0 aliphatic rings. The quantitative estimate of drug-likeness (QED) is 0.822. The molecule has 0 saturated heterocycles. The summed E-state index contributed by atoms with van der Waals surface area (Å²) < 4.78 is 5.45. The van der Waals surface area contributed by atoms with E-state index < -0.39 is 0 Å². The van der Waals surface area contributed by atoms with Crippen molar-refractivity contribution in [3.8, 4) is 11.5 Å². The normalized spacial score (nSPS) is 11.0. The predicted octanol–water partition coefficient (Wildman–Crippen LogP) is 0.923. The van der Waals surface area contributed by atoms with Crippen molar-refractivity contribution in [2.24, 2.45) is 0 Å². The average molecular weight is 234 g/mol. The highest BCUT2D eigenvalue weighted by atomic mass is 16.4. The topological polar surface area (TPSA) is 83.8 Å². The van der Waals surface area contributed by atoms with Crippen LogP contribution in [0, 0.1) is 0 Å². The van der Waals surface area contributed by atoms with Crippen LogP contribution in [0.5, 0.6) is 0 Å². The van der Waals surface area contributed by atoms with E-state index in [0.717, 1.165) is 0 Å². The van der Waals surface area contributed by atoms with Gasteiger partial charge in [0.1, 0.15) is 0 Å². The molecule has 0 spiro atoms. The van der Waals surface area contributed by atoms with Crippen molar-refractivity contribution in [3.05, 3.63) is 34.6 Å². The largest absolute Gasteiger partial charge is 0.419 e. The zero-order valence-corrected chi connectivity index (χ0v) is 9.73. The summed E-state index contributed by atoms with van der Waals surface area (Å²) >= 11 is 0. The van der Waals surface area contributed by atoms with E-state index in [4.69, 9.17) is 4.42 Å². The van der Waals surface area contributed by atoms with E-state index >= 15 is 0 Å². The lowest BCUT2D eigenvalue weighted by atomic mass is 10.3. The molecule has 0 atom stereocenters. The molecule has 2 N–H and O–H groups in total. The summed E-state index contributed by atoms with van der Waals surface area (Å²) in [6, 6.07) is 3.43. The van der Waals surface area contributed by atoms with E-state index in [1.807, 2.05) is 13.8 Å². The number of aromatic amines is 1. The highest BCUT2D eigenvalue weighted by Gasteiger charge is 2.08. The van der Waals surface area contributed by atoms with Crippen LogP contribution in [0.15, 0.2) is 27.5 Å². The number of pyridine rings is 1. The van der Waals surface area contributed by atoms with E-state index in [9.17, 15) is 4.79 Å². The number of nitrogens with zero attached hydrogens (tertiary/aromatic N) is 2. The lowest BCUT2D eigenvalue weighted by Gasteiger charge is -2.03. The van der Waals surface area contributed by atoms with Crippen LogP contribution in [-0.2, 0) is 6.54 Å². The fraction of sp³-hybridized carbons (Fsp3) is 0.364. The van der Waals surface area contributed by atoms with Crippen LogP contribution in [-0.4, -0.2) is 21.2 Å². The molecular formula is C11H14N4O2. The molecule has 2 heterocycles. The second-order valence-corrected chi connectivity index (χ2v) is 3.98. The molecule has 0 aliphatic carbocycles. The summed E-state index contributed by atoms with van der Waals surface area (Å²) in [5, 5.41) is 11.0. The van der Waals surface area contributed by atoms with Crippen molar-refractivity contribution < 1.29 is 4.42 Å². The molecule has 0 bridgehead atoms. The Bertz CT molecular complexity index is 524. The minimum Gasteiger partial charge on any atom is -0.419 e. The molecule has 0 aliphatic heterocycles. The number of hydrogen-bond donors (Lipinski definition) is 2. The van der Waals surface area contributed by atoms with Crippen molar-refractivity contribution in [2.75, 3.05) is 0 Å². The second-order valence-electron chi connectivity index (χ2n) is 3.98. The molecule has 0 fully saturated rings. The number of hydrogen-bond acceptors (Lipinski definition) is 5. The minimum atomic E-state index is -0.157. The fourth-order valence-electron chi connectivity index (χ4n) is 1.28. The van der Waals surface area contributed by atoms with Gasteiger partial charge in [-0.05, 0) is 6.07 Å². The van der Waals surface area contributed by atoms with Crippen LogP contribution in [0.25, 0.3) is 11.5 Å². The first-order chi connectivity index (χ1) is 8.15. The molecule has 6 heteroatoms. The van der Waals surface area contributed by atoms with Gasteiger partial charge in [-0.2, -0.15) is 0 Å². The summed E-state index contributed by atoms with van der Waals surface area (Å²) in [6.07, 6.45) is 1.55. The zero-order chi connectivity index (χ0) is 12.3. The molecule has 6 nitrogen and oxygen atoms in total. The molecule has 0 aromatic carbocycles. The first-order valence-electron chi connectivity index (χ1n) is 5.40. The van der Waals surface area contributed by atoms with Gasteiger partial charge in [0.25, 0.3) is 0 Å². The summed E-state index contributed by atoms with van der Waals surface area (Å²) in [6.45, 7) is 4.62. The Kier molecular flexibility index (Phi) is 3.34. The Morgan fingerprint density at radius 1 is 1.41 bits per heavy atom. The molecule has 90 valence electrons. The monoisotopic (exact) mass is 234 g/mol. The second kappa shape index (κ2) is 4.92. The third-order valence-electron chi connectivity index (χ3n) is 2.16. The van der Waals surface area contributed by atoms with E-state index in [1.54, 1.807) is 12.3 Å². The fourth-order valence-corrected chi connectivity index (χ4v) is 1.28. The van der Waals surface area contributed by atoms with Gasteiger partial charge in [-0.1, -0.05) is 13.8 Å². The molecule has 0 saturated carbocycles. The van der Waals surface area contributed by atoms with E-state index in [-0.39, 0.29) is 5.56 Å². The maximum absolute atomic E-state index is 10.9. The molecule has 0 radical (unpaired) electrons. The van der Waals surface area contributed by atoms with Gasteiger partial charge in [-0.3, -0.25) is 4.79 Å². The van der Waals surface area contributed by atoms with Crippen molar-refractivity contribution >= 4 is 0 Å². The van der Waals surface area contributed by atoms with Crippen LogP contribution < -0.4 is 10.9 Å². The first kappa shape index (κ1) is 11.5. The lowest BCUT2D eigenvalue weighted by Crippen LogP contribution is -2.21. The van der Waals surface area contributed by atoms with E-state index in [1.165, 1.54) is 6.07 Å². The Labute approximate surface area is 98.1 Å². The molecule has 2 aromatic heterocycles. The number of aromatic nitrogens is 3. The van der Waals surface area contributed by atoms with Crippen LogP contribution in [0.4, 0.5) is 0 Å².